The minimum absolute atomic E-state index is 0.624. The van der Waals surface area contributed by atoms with Crippen molar-refractivity contribution in [2.75, 3.05) is 12.8 Å². The maximum Gasteiger partial charge on any atom is 0.133 e. The average molecular weight is 271 g/mol. The Morgan fingerprint density at radius 2 is 1.65 bits per heavy atom. The second-order valence-corrected chi connectivity index (χ2v) is 4.79. The van der Waals surface area contributed by atoms with E-state index in [1.165, 1.54) is 18.4 Å². The molecule has 0 aliphatic rings. The molecule has 3 nitrogen and oxygen atoms in total. The van der Waals surface area contributed by atoms with E-state index in [4.69, 9.17) is 15.2 Å². The molecule has 0 radical (unpaired) electrons. The van der Waals surface area contributed by atoms with Gasteiger partial charge in [0.1, 0.15) is 17.2 Å². The van der Waals surface area contributed by atoms with E-state index in [2.05, 4.69) is 19.1 Å². The van der Waals surface area contributed by atoms with Gasteiger partial charge in [0.05, 0.1) is 7.11 Å². The van der Waals surface area contributed by atoms with Crippen LogP contribution in [-0.2, 0) is 6.42 Å². The van der Waals surface area contributed by atoms with E-state index in [1.807, 2.05) is 18.2 Å². The van der Waals surface area contributed by atoms with E-state index in [1.54, 1.807) is 19.2 Å². The fourth-order valence-corrected chi connectivity index (χ4v) is 2.01. The molecule has 0 saturated heterocycles. The maximum absolute atomic E-state index is 5.81. The average Bonchev–Trinajstić information content (AvgIpc) is 2.46. The highest BCUT2D eigenvalue weighted by molar-refractivity contribution is 5.51. The summed E-state index contributed by atoms with van der Waals surface area (Å²) in [7, 11) is 1.61. The van der Waals surface area contributed by atoms with Gasteiger partial charge >= 0.3 is 0 Å². The van der Waals surface area contributed by atoms with E-state index in [0.717, 1.165) is 12.2 Å². The Bertz CT molecular complexity index is 549. The van der Waals surface area contributed by atoms with Crippen LogP contribution in [0.5, 0.6) is 17.2 Å². The molecular formula is C17H21NO2. The first kappa shape index (κ1) is 14.3. The van der Waals surface area contributed by atoms with Crippen LogP contribution in [0.3, 0.4) is 0 Å². The number of aryl methyl sites for hydroxylation is 1. The summed E-state index contributed by atoms with van der Waals surface area (Å²) < 4.78 is 11.0. The normalized spacial score (nSPS) is 10.3. The van der Waals surface area contributed by atoms with Crippen molar-refractivity contribution in [3.05, 3.63) is 48.0 Å². The van der Waals surface area contributed by atoms with Crippen molar-refractivity contribution < 1.29 is 9.47 Å². The van der Waals surface area contributed by atoms with Crippen molar-refractivity contribution in [1.29, 1.82) is 0 Å². The summed E-state index contributed by atoms with van der Waals surface area (Å²) in [6, 6.07) is 13.6. The zero-order chi connectivity index (χ0) is 14.4. The van der Waals surface area contributed by atoms with Crippen molar-refractivity contribution >= 4 is 5.69 Å². The highest BCUT2D eigenvalue weighted by Crippen LogP contribution is 2.28. The van der Waals surface area contributed by atoms with E-state index >= 15 is 0 Å². The van der Waals surface area contributed by atoms with Crippen LogP contribution in [0.2, 0.25) is 0 Å². The molecular weight excluding hydrogens is 250 g/mol. The minimum atomic E-state index is 0.624. The molecule has 2 rings (SSSR count). The summed E-state index contributed by atoms with van der Waals surface area (Å²) >= 11 is 0. The largest absolute Gasteiger partial charge is 0.497 e. The third-order valence-electron chi connectivity index (χ3n) is 3.12. The van der Waals surface area contributed by atoms with Gasteiger partial charge in [0, 0.05) is 23.9 Å². The molecule has 2 N–H and O–H groups in total. The van der Waals surface area contributed by atoms with Gasteiger partial charge in [-0.15, -0.1) is 0 Å². The topological polar surface area (TPSA) is 44.5 Å². The Hall–Kier alpha value is -2.16. The number of rotatable bonds is 6. The Balaban J connectivity index is 2.07. The van der Waals surface area contributed by atoms with Crippen molar-refractivity contribution in [2.45, 2.75) is 26.2 Å². The number of methoxy groups -OCH3 is 1. The Morgan fingerprint density at radius 1 is 0.950 bits per heavy atom. The summed E-state index contributed by atoms with van der Waals surface area (Å²) in [4.78, 5) is 0. The Labute approximate surface area is 120 Å². The molecule has 0 fully saturated rings. The SMILES string of the molecule is CCCCc1ccc(Oc2cc(N)cc(OC)c2)cc1. The van der Waals surface area contributed by atoms with Gasteiger partial charge in [-0.2, -0.15) is 0 Å². The van der Waals surface area contributed by atoms with Gasteiger partial charge < -0.3 is 15.2 Å². The summed E-state index contributed by atoms with van der Waals surface area (Å²) in [6.07, 6.45) is 3.54. The number of nitrogens with two attached hydrogens (primary N) is 1. The first-order valence-electron chi connectivity index (χ1n) is 6.92. The molecule has 0 aliphatic heterocycles. The quantitative estimate of drug-likeness (QED) is 0.791. The van der Waals surface area contributed by atoms with Crippen molar-refractivity contribution in [2.24, 2.45) is 0 Å². The van der Waals surface area contributed by atoms with E-state index in [-0.39, 0.29) is 0 Å². The van der Waals surface area contributed by atoms with Crippen LogP contribution in [0.4, 0.5) is 5.69 Å². The molecule has 0 unspecified atom stereocenters. The molecule has 0 bridgehead atoms. The van der Waals surface area contributed by atoms with Gasteiger partial charge in [0.25, 0.3) is 0 Å². The first-order chi connectivity index (χ1) is 9.71. The molecule has 0 aromatic heterocycles. The molecule has 0 heterocycles. The van der Waals surface area contributed by atoms with Gasteiger partial charge in [-0.25, -0.2) is 0 Å². The lowest BCUT2D eigenvalue weighted by atomic mass is 10.1. The van der Waals surface area contributed by atoms with E-state index in [9.17, 15) is 0 Å². The van der Waals surface area contributed by atoms with Crippen LogP contribution in [0.15, 0.2) is 42.5 Å². The lowest BCUT2D eigenvalue weighted by Crippen LogP contribution is -1.91. The predicted molar refractivity (Wildman–Crippen MR) is 82.5 cm³/mol. The number of hydrogen-bond donors (Lipinski definition) is 1. The highest BCUT2D eigenvalue weighted by Gasteiger charge is 2.02. The van der Waals surface area contributed by atoms with Crippen LogP contribution in [0.25, 0.3) is 0 Å². The number of ether oxygens (including phenoxy) is 2. The maximum atomic E-state index is 5.81. The fraction of sp³-hybridized carbons (Fsp3) is 0.294. The number of hydrogen-bond acceptors (Lipinski definition) is 3. The van der Waals surface area contributed by atoms with Gasteiger partial charge in [-0.05, 0) is 30.5 Å². The van der Waals surface area contributed by atoms with E-state index in [0.29, 0.717) is 17.2 Å². The second kappa shape index (κ2) is 6.85. The molecule has 106 valence electrons. The number of benzene rings is 2. The van der Waals surface area contributed by atoms with Crippen LogP contribution in [0.1, 0.15) is 25.3 Å². The van der Waals surface area contributed by atoms with Crippen molar-refractivity contribution in [1.82, 2.24) is 0 Å². The van der Waals surface area contributed by atoms with Gasteiger partial charge in [-0.1, -0.05) is 25.5 Å². The fourth-order valence-electron chi connectivity index (χ4n) is 2.01. The van der Waals surface area contributed by atoms with Gasteiger partial charge in [0.2, 0.25) is 0 Å². The molecule has 3 heteroatoms. The molecule has 2 aromatic rings. The summed E-state index contributed by atoms with van der Waals surface area (Å²) in [5.41, 5.74) is 7.77. The van der Waals surface area contributed by atoms with Crippen molar-refractivity contribution in [3.8, 4) is 17.2 Å². The summed E-state index contributed by atoms with van der Waals surface area (Å²) in [5.74, 6) is 2.18. The van der Waals surface area contributed by atoms with Gasteiger partial charge in [0.15, 0.2) is 0 Å². The molecule has 0 aliphatic carbocycles. The monoisotopic (exact) mass is 271 g/mol. The van der Waals surface area contributed by atoms with Crippen LogP contribution in [0, 0.1) is 0 Å². The zero-order valence-corrected chi connectivity index (χ0v) is 12.1. The predicted octanol–water partition coefficient (Wildman–Crippen LogP) is 4.41. The lowest BCUT2D eigenvalue weighted by molar-refractivity contribution is 0.409. The molecule has 20 heavy (non-hydrogen) atoms. The first-order valence-corrected chi connectivity index (χ1v) is 6.92. The van der Waals surface area contributed by atoms with Gasteiger partial charge in [-0.3, -0.25) is 0 Å². The number of anilines is 1. The zero-order valence-electron chi connectivity index (χ0n) is 12.1. The van der Waals surface area contributed by atoms with Crippen LogP contribution >= 0.6 is 0 Å². The molecule has 0 spiro atoms. The smallest absolute Gasteiger partial charge is 0.133 e. The third-order valence-corrected chi connectivity index (χ3v) is 3.12. The highest BCUT2D eigenvalue weighted by atomic mass is 16.5. The third kappa shape index (κ3) is 3.92. The lowest BCUT2D eigenvalue weighted by Gasteiger charge is -2.09. The van der Waals surface area contributed by atoms with E-state index < -0.39 is 0 Å². The summed E-state index contributed by atoms with van der Waals surface area (Å²) in [6.45, 7) is 2.20. The molecule has 0 saturated carbocycles. The number of unbranched alkanes of at least 4 members (excludes halogenated alkanes) is 1. The second-order valence-electron chi connectivity index (χ2n) is 4.79. The minimum Gasteiger partial charge on any atom is -0.497 e. The Kier molecular flexibility index (Phi) is 4.88. The Morgan fingerprint density at radius 3 is 2.30 bits per heavy atom. The standard InChI is InChI=1S/C17H21NO2/c1-3-4-5-13-6-8-15(9-7-13)20-17-11-14(18)10-16(12-17)19-2/h6-12H,3-5,18H2,1-2H3. The number of nitrogen functional groups attached to an aromatic ring is 1. The van der Waals surface area contributed by atoms with Crippen LogP contribution < -0.4 is 15.2 Å². The van der Waals surface area contributed by atoms with Crippen molar-refractivity contribution in [3.63, 3.8) is 0 Å². The molecule has 0 amide bonds. The summed E-state index contributed by atoms with van der Waals surface area (Å²) in [5, 5.41) is 0. The van der Waals surface area contributed by atoms with Crippen LogP contribution in [-0.4, -0.2) is 7.11 Å². The molecule has 0 atom stereocenters. The molecule has 2 aromatic carbocycles.